The molecule has 2 fully saturated rings. The molecule has 3 rings (SSSR count). The van der Waals surface area contributed by atoms with Crippen LogP contribution in [0.2, 0.25) is 0 Å². The molecule has 4 nitrogen and oxygen atoms in total. The molecule has 1 atom stereocenters. The summed E-state index contributed by atoms with van der Waals surface area (Å²) in [4.78, 5) is 16.1. The third-order valence-corrected chi connectivity index (χ3v) is 4.81. The summed E-state index contributed by atoms with van der Waals surface area (Å²) < 4.78 is 6.73. The predicted molar refractivity (Wildman–Crippen MR) is 79.5 cm³/mol. The SMILES string of the molecule is O=C(NCC1CCOC2(CCC2)C1)c1cncc(Br)c1. The second-order valence-electron chi connectivity index (χ2n) is 5.85. The number of hydrogen-bond acceptors (Lipinski definition) is 3. The maximum Gasteiger partial charge on any atom is 0.252 e. The molecule has 2 heterocycles. The Hall–Kier alpha value is -0.940. The zero-order valence-corrected chi connectivity index (χ0v) is 13.0. The van der Waals surface area contributed by atoms with Crippen LogP contribution in [0.5, 0.6) is 0 Å². The smallest absolute Gasteiger partial charge is 0.252 e. The van der Waals surface area contributed by atoms with E-state index in [0.29, 0.717) is 11.5 Å². The highest BCUT2D eigenvalue weighted by Crippen LogP contribution is 2.43. The number of ether oxygens (including phenoxy) is 1. The van der Waals surface area contributed by atoms with Crippen LogP contribution in [-0.4, -0.2) is 29.6 Å². The molecule has 5 heteroatoms. The second kappa shape index (κ2) is 5.82. The molecule has 1 aromatic rings. The van der Waals surface area contributed by atoms with Crippen LogP contribution in [0.15, 0.2) is 22.9 Å². The Balaban J connectivity index is 1.52. The zero-order valence-electron chi connectivity index (χ0n) is 11.4. The van der Waals surface area contributed by atoms with Gasteiger partial charge < -0.3 is 10.1 Å². The summed E-state index contributed by atoms with van der Waals surface area (Å²) in [6, 6.07) is 1.79. The Kier molecular flexibility index (Phi) is 4.08. The van der Waals surface area contributed by atoms with E-state index < -0.39 is 0 Å². The van der Waals surface area contributed by atoms with Gasteiger partial charge in [0, 0.05) is 30.0 Å². The fraction of sp³-hybridized carbons (Fsp3) is 0.600. The topological polar surface area (TPSA) is 51.2 Å². The summed E-state index contributed by atoms with van der Waals surface area (Å²) in [5.74, 6) is 0.487. The summed E-state index contributed by atoms with van der Waals surface area (Å²) in [7, 11) is 0. The molecule has 1 saturated heterocycles. The molecule has 2 aliphatic rings. The van der Waals surface area contributed by atoms with Gasteiger partial charge in [0.15, 0.2) is 0 Å². The van der Waals surface area contributed by atoms with Gasteiger partial charge in [0.1, 0.15) is 0 Å². The Morgan fingerprint density at radius 3 is 3.05 bits per heavy atom. The quantitative estimate of drug-likeness (QED) is 0.921. The van der Waals surface area contributed by atoms with Crippen LogP contribution in [0.3, 0.4) is 0 Å². The largest absolute Gasteiger partial charge is 0.375 e. The molecular formula is C15H19BrN2O2. The number of pyridine rings is 1. The fourth-order valence-electron chi connectivity index (χ4n) is 3.10. The van der Waals surface area contributed by atoms with Gasteiger partial charge >= 0.3 is 0 Å². The number of halogens is 1. The summed E-state index contributed by atoms with van der Waals surface area (Å²) >= 11 is 3.33. The molecule has 0 aromatic carbocycles. The Bertz CT molecular complexity index is 502. The minimum Gasteiger partial charge on any atom is -0.375 e. The summed E-state index contributed by atoms with van der Waals surface area (Å²) in [6.45, 7) is 1.56. The highest BCUT2D eigenvalue weighted by molar-refractivity contribution is 9.10. The molecule has 1 spiro atoms. The lowest BCUT2D eigenvalue weighted by Gasteiger charge is -2.47. The van der Waals surface area contributed by atoms with Gasteiger partial charge in [-0.15, -0.1) is 0 Å². The predicted octanol–water partition coefficient (Wildman–Crippen LogP) is 2.92. The van der Waals surface area contributed by atoms with Crippen LogP contribution in [0.1, 0.15) is 42.5 Å². The first-order valence-corrected chi connectivity index (χ1v) is 7.99. The summed E-state index contributed by atoms with van der Waals surface area (Å²) in [6.07, 6.45) is 9.05. The van der Waals surface area contributed by atoms with Crippen molar-refractivity contribution in [3.05, 3.63) is 28.5 Å². The maximum atomic E-state index is 12.1. The van der Waals surface area contributed by atoms with Gasteiger partial charge in [0.2, 0.25) is 0 Å². The van der Waals surface area contributed by atoms with Crippen LogP contribution in [0, 0.1) is 5.92 Å². The number of carbonyl (C=O) groups excluding carboxylic acids is 1. The van der Waals surface area contributed by atoms with Crippen molar-refractivity contribution >= 4 is 21.8 Å². The molecule has 1 unspecified atom stereocenters. The van der Waals surface area contributed by atoms with Crippen molar-refractivity contribution in [2.45, 2.75) is 37.7 Å². The Labute approximate surface area is 127 Å². The van der Waals surface area contributed by atoms with Gasteiger partial charge in [-0.3, -0.25) is 9.78 Å². The molecule has 0 bridgehead atoms. The van der Waals surface area contributed by atoms with Crippen LogP contribution in [0.4, 0.5) is 0 Å². The number of hydrogen-bond donors (Lipinski definition) is 1. The zero-order chi connectivity index (χ0) is 14.0. The summed E-state index contributed by atoms with van der Waals surface area (Å²) in [5.41, 5.74) is 0.745. The second-order valence-corrected chi connectivity index (χ2v) is 6.76. The van der Waals surface area contributed by atoms with Crippen molar-refractivity contribution in [3.8, 4) is 0 Å². The third kappa shape index (κ3) is 3.04. The lowest BCUT2D eigenvalue weighted by Crippen LogP contribution is -2.47. The Morgan fingerprint density at radius 2 is 2.35 bits per heavy atom. The molecule has 0 radical (unpaired) electrons. The fourth-order valence-corrected chi connectivity index (χ4v) is 3.46. The van der Waals surface area contributed by atoms with Crippen molar-refractivity contribution in [3.63, 3.8) is 0 Å². The lowest BCUT2D eigenvalue weighted by molar-refractivity contribution is -0.142. The monoisotopic (exact) mass is 338 g/mol. The van der Waals surface area contributed by atoms with E-state index in [9.17, 15) is 4.79 Å². The van der Waals surface area contributed by atoms with E-state index in [1.807, 2.05) is 0 Å². The minimum atomic E-state index is -0.0482. The molecule has 1 aromatic heterocycles. The first-order chi connectivity index (χ1) is 9.67. The number of rotatable bonds is 3. The van der Waals surface area contributed by atoms with E-state index in [-0.39, 0.29) is 11.5 Å². The van der Waals surface area contributed by atoms with Gasteiger partial charge in [0.25, 0.3) is 5.91 Å². The van der Waals surface area contributed by atoms with Crippen LogP contribution in [-0.2, 0) is 4.74 Å². The van der Waals surface area contributed by atoms with Crippen molar-refractivity contribution in [2.24, 2.45) is 5.92 Å². The third-order valence-electron chi connectivity index (χ3n) is 4.38. The van der Waals surface area contributed by atoms with Crippen molar-refractivity contribution in [1.29, 1.82) is 0 Å². The summed E-state index contributed by atoms with van der Waals surface area (Å²) in [5, 5.41) is 3.03. The molecule has 20 heavy (non-hydrogen) atoms. The number of nitrogens with zero attached hydrogens (tertiary/aromatic N) is 1. The number of nitrogens with one attached hydrogen (secondary N) is 1. The molecule has 1 aliphatic heterocycles. The Morgan fingerprint density at radius 1 is 1.50 bits per heavy atom. The average Bonchev–Trinajstić information content (AvgIpc) is 2.43. The molecule has 1 N–H and O–H groups in total. The minimum absolute atomic E-state index is 0.0482. The van der Waals surface area contributed by atoms with Crippen molar-refractivity contribution < 1.29 is 9.53 Å². The first kappa shape index (κ1) is 14.0. The molecule has 1 saturated carbocycles. The van der Waals surface area contributed by atoms with E-state index in [1.165, 1.54) is 19.3 Å². The lowest BCUT2D eigenvalue weighted by atomic mass is 9.72. The normalized spacial score (nSPS) is 24.1. The van der Waals surface area contributed by atoms with Crippen LogP contribution >= 0.6 is 15.9 Å². The van der Waals surface area contributed by atoms with E-state index in [4.69, 9.17) is 4.74 Å². The van der Waals surface area contributed by atoms with Crippen molar-refractivity contribution in [2.75, 3.05) is 13.2 Å². The van der Waals surface area contributed by atoms with Crippen molar-refractivity contribution in [1.82, 2.24) is 10.3 Å². The van der Waals surface area contributed by atoms with Gasteiger partial charge in [-0.1, -0.05) is 0 Å². The molecule has 1 amide bonds. The van der Waals surface area contributed by atoms with Gasteiger partial charge in [-0.05, 0) is 60.0 Å². The number of aromatic nitrogens is 1. The van der Waals surface area contributed by atoms with E-state index >= 15 is 0 Å². The molecule has 108 valence electrons. The standard InChI is InChI=1S/C15H19BrN2O2/c16-13-6-12(9-17-10-13)14(19)18-8-11-2-5-20-15(7-11)3-1-4-15/h6,9-11H,1-5,7-8H2,(H,18,19). The number of amides is 1. The maximum absolute atomic E-state index is 12.1. The van der Waals surface area contributed by atoms with Crippen LogP contribution in [0.25, 0.3) is 0 Å². The average molecular weight is 339 g/mol. The van der Waals surface area contributed by atoms with Gasteiger partial charge in [-0.25, -0.2) is 0 Å². The highest BCUT2D eigenvalue weighted by atomic mass is 79.9. The molecular weight excluding hydrogens is 320 g/mol. The van der Waals surface area contributed by atoms with E-state index in [0.717, 1.165) is 30.5 Å². The van der Waals surface area contributed by atoms with Gasteiger partial charge in [0.05, 0.1) is 11.2 Å². The number of carbonyl (C=O) groups is 1. The molecule has 1 aliphatic carbocycles. The first-order valence-electron chi connectivity index (χ1n) is 7.20. The van der Waals surface area contributed by atoms with Crippen LogP contribution < -0.4 is 5.32 Å². The van der Waals surface area contributed by atoms with E-state index in [2.05, 4.69) is 26.2 Å². The van der Waals surface area contributed by atoms with Gasteiger partial charge in [-0.2, -0.15) is 0 Å². The van der Waals surface area contributed by atoms with E-state index in [1.54, 1.807) is 18.5 Å². The highest BCUT2D eigenvalue weighted by Gasteiger charge is 2.42.